The highest BCUT2D eigenvalue weighted by Crippen LogP contribution is 2.53. The van der Waals surface area contributed by atoms with Gasteiger partial charge in [0.05, 0.1) is 46.2 Å². The lowest BCUT2D eigenvalue weighted by Crippen LogP contribution is -2.09. The topological polar surface area (TPSA) is 141 Å². The van der Waals surface area contributed by atoms with Gasteiger partial charge < -0.3 is 31.1 Å². The molecule has 0 fully saturated rings. The third-order valence-electron chi connectivity index (χ3n) is 17.5. The van der Waals surface area contributed by atoms with Gasteiger partial charge in [-0.2, -0.15) is 26.2 Å². The van der Waals surface area contributed by atoms with Crippen LogP contribution < -0.4 is 31.1 Å². The number of nitrogens with two attached hydrogens (primary N) is 2. The van der Waals surface area contributed by atoms with E-state index in [4.69, 9.17) is 37.7 Å². The van der Waals surface area contributed by atoms with E-state index in [9.17, 15) is 0 Å². The van der Waals surface area contributed by atoms with Crippen molar-refractivity contribution in [2.24, 2.45) is 8.73 Å². The molecule has 474 valence electrons. The Morgan fingerprint density at radius 3 is 0.576 bits per heavy atom. The number of hydrogen-bond donors (Lipinski definition) is 2. The fourth-order valence-electron chi connectivity index (χ4n) is 12.9. The van der Waals surface area contributed by atoms with Crippen LogP contribution in [0.1, 0.15) is 0 Å². The van der Waals surface area contributed by atoms with E-state index in [1.807, 2.05) is 97.1 Å². The maximum atomic E-state index is 6.88. The first-order valence-corrected chi connectivity index (χ1v) is 34.5. The molecule has 17 rings (SSSR count). The second-order valence-corrected chi connectivity index (χ2v) is 25.0. The average molecular weight is 1330 g/mol. The summed E-state index contributed by atoms with van der Waals surface area (Å²) in [4.78, 5) is 8.97. The first-order valence-electron chi connectivity index (χ1n) is 32.3. The van der Waals surface area contributed by atoms with Crippen molar-refractivity contribution in [3.05, 3.63) is 340 Å². The highest BCUT2D eigenvalue weighted by molar-refractivity contribution is 7.58. The number of fused-ring (bicyclic) bond motifs is 3. The van der Waals surface area contributed by atoms with Crippen molar-refractivity contribution < 1.29 is 0 Å². The van der Waals surface area contributed by atoms with Crippen molar-refractivity contribution in [3.63, 3.8) is 0 Å². The Hall–Kier alpha value is -12.7. The Morgan fingerprint density at radius 1 is 0.202 bits per heavy atom. The molecule has 16 aromatic rings. The van der Waals surface area contributed by atoms with E-state index in [-0.39, 0.29) is 0 Å². The average Bonchev–Trinajstić information content (AvgIpc) is 1.65. The molecule has 0 spiro atoms. The van der Waals surface area contributed by atoms with Gasteiger partial charge in [0.1, 0.15) is 33.4 Å². The summed E-state index contributed by atoms with van der Waals surface area (Å²) in [5.74, 6) is 0. The summed E-state index contributed by atoms with van der Waals surface area (Å²) >= 11 is 3.61. The van der Waals surface area contributed by atoms with Gasteiger partial charge in [-0.1, -0.05) is 194 Å². The molecule has 1 aliphatic heterocycles. The summed E-state index contributed by atoms with van der Waals surface area (Å²) in [6.07, 6.45) is 0. The Kier molecular flexibility index (Phi) is 17.1. The number of benzene rings is 14. The first kappa shape index (κ1) is 61.2. The summed E-state index contributed by atoms with van der Waals surface area (Å²) in [6.45, 7) is 0. The van der Waals surface area contributed by atoms with Gasteiger partial charge in [-0.25, -0.2) is 0 Å². The second kappa shape index (κ2) is 27.6. The number of nitrogen functional groups attached to an aromatic ring is 2. The monoisotopic (exact) mass is 1330 g/mol. The van der Waals surface area contributed by atoms with Crippen molar-refractivity contribution in [2.75, 3.05) is 31.1 Å². The van der Waals surface area contributed by atoms with Crippen molar-refractivity contribution in [3.8, 4) is 44.5 Å². The van der Waals surface area contributed by atoms with Crippen LogP contribution in [0.2, 0.25) is 0 Å². The highest BCUT2D eigenvalue weighted by atomic mass is 32.1. The molecule has 15 heteroatoms. The van der Waals surface area contributed by atoms with E-state index in [0.717, 1.165) is 146 Å². The fraction of sp³-hybridized carbons (Fsp3) is 0. The fourth-order valence-corrected chi connectivity index (χ4v) is 14.6. The number of aromatic nitrogens is 4. The molecule has 0 atom stereocenters. The van der Waals surface area contributed by atoms with Crippen molar-refractivity contribution in [2.45, 2.75) is 0 Å². The maximum absolute atomic E-state index is 6.88. The number of rotatable bonds is 16. The molecule has 0 amide bonds. The minimum absolute atomic E-state index is 0.491. The normalized spacial score (nSPS) is 11.4. The minimum Gasteiger partial charge on any atom is -0.396 e. The molecule has 99 heavy (non-hydrogen) atoms. The molecule has 0 aliphatic carbocycles. The zero-order valence-electron chi connectivity index (χ0n) is 53.2. The Labute approximate surface area is 585 Å². The van der Waals surface area contributed by atoms with Crippen molar-refractivity contribution in [1.82, 2.24) is 17.5 Å². The van der Waals surface area contributed by atoms with Gasteiger partial charge in [-0.05, 0) is 168 Å². The van der Waals surface area contributed by atoms with E-state index < -0.39 is 0 Å². The van der Waals surface area contributed by atoms with Crippen LogP contribution in [-0.4, -0.2) is 17.5 Å². The standard InChI is InChI=1S/C42H28N6S2.C42H32N6S/c1-5-13-31(14-6-1)47(32-15-7-2-8-16-32)35-25-21-29(22-26-35)37-39-41(45-49-43-39)38(42-40(37)44-50-46-42)30-23-27-36(28-24-30)48(33-17-9-3-10-18-33)34-19-11-4-12-20-34;43-39-37(29-21-25-35(26-22-29)47(31-13-5-1-6-14-31)32-15-7-2-8-16-32)41-42(46-49-45-41)38(40(39)44)30-23-27-36(28-24-30)48(33-17-9-3-10-18-33)34-19-11-4-12-20-34/h1-28H;1-28H,43-44H2. The Morgan fingerprint density at radius 2 is 0.374 bits per heavy atom. The third kappa shape index (κ3) is 12.1. The number of hydrogen-bond acceptors (Lipinski definition) is 14. The van der Waals surface area contributed by atoms with Crippen LogP contribution in [0.15, 0.2) is 348 Å². The van der Waals surface area contributed by atoms with Gasteiger partial charge >= 0.3 is 0 Å². The molecule has 0 saturated heterocycles. The van der Waals surface area contributed by atoms with Gasteiger partial charge in [0, 0.05) is 90.5 Å². The number of nitrogens with zero attached hydrogens (tertiary/aromatic N) is 10. The van der Waals surface area contributed by atoms with Crippen LogP contribution in [0, 0.1) is 0 Å². The lowest BCUT2D eigenvalue weighted by molar-refractivity contribution is 1.28. The lowest BCUT2D eigenvalue weighted by atomic mass is 9.93. The summed E-state index contributed by atoms with van der Waals surface area (Å²) in [6, 6.07) is 117. The molecule has 0 saturated carbocycles. The molecule has 4 N–H and O–H groups in total. The molecule has 14 aromatic carbocycles. The van der Waals surface area contributed by atoms with Gasteiger partial charge in [-0.3, -0.25) is 0 Å². The maximum Gasteiger partial charge on any atom is 0.115 e. The lowest BCUT2D eigenvalue weighted by Gasteiger charge is -2.26. The molecule has 0 radical (unpaired) electrons. The number of anilines is 14. The first-order chi connectivity index (χ1) is 49.0. The highest BCUT2D eigenvalue weighted by Gasteiger charge is 2.28. The Bertz CT molecular complexity index is 5020. The molecule has 2 aromatic heterocycles. The SMILES string of the molecule is Nc1c(N)c(-c2ccc(N(c3ccccc3)c3ccccc3)cc2)c2nsnc2c1-c1ccc(N(c2ccccc2)c2ccccc2)cc1.c1ccc(N(c2ccccc2)c2ccc(-c3c4c(c(-c5ccc(N(c6ccccc6)c6ccccc6)cc5)c5nsnc35)N=S=N4)cc2)cc1. The van der Waals surface area contributed by atoms with E-state index in [1.165, 1.54) is 34.8 Å². The smallest absolute Gasteiger partial charge is 0.115 e. The van der Waals surface area contributed by atoms with Crippen LogP contribution in [0.3, 0.4) is 0 Å². The second-order valence-electron chi connectivity index (χ2n) is 23.4. The minimum atomic E-state index is 0.491. The van der Waals surface area contributed by atoms with Gasteiger partial charge in [0.2, 0.25) is 0 Å². The predicted molar refractivity (Wildman–Crippen MR) is 416 cm³/mol. The molecule has 12 nitrogen and oxygen atoms in total. The van der Waals surface area contributed by atoms with E-state index in [0.29, 0.717) is 11.4 Å². The zero-order chi connectivity index (χ0) is 66.4. The van der Waals surface area contributed by atoms with E-state index in [2.05, 4.69) is 262 Å². The molecule has 1 aliphatic rings. The third-order valence-corrected chi connectivity index (χ3v) is 19.1. The van der Waals surface area contributed by atoms with Crippen LogP contribution in [-0.2, 0) is 11.4 Å². The summed E-state index contributed by atoms with van der Waals surface area (Å²) in [5, 5.41) is 0. The molecule has 0 bridgehead atoms. The quantitative estimate of drug-likeness (QED) is 0.0898. The van der Waals surface area contributed by atoms with Crippen molar-refractivity contribution >= 4 is 148 Å². The van der Waals surface area contributed by atoms with Gasteiger partial charge in [0.15, 0.2) is 0 Å². The van der Waals surface area contributed by atoms with Crippen LogP contribution in [0.25, 0.3) is 66.6 Å². The molecule has 3 heterocycles. The predicted octanol–water partition coefficient (Wildman–Crippen LogP) is 23.8. The Balaban J connectivity index is 0.000000154. The molecule has 0 unspecified atom stereocenters. The zero-order valence-corrected chi connectivity index (χ0v) is 55.6. The van der Waals surface area contributed by atoms with Gasteiger partial charge in [-0.15, -0.1) is 0 Å². The van der Waals surface area contributed by atoms with Crippen LogP contribution in [0.5, 0.6) is 0 Å². The summed E-state index contributed by atoms with van der Waals surface area (Å²) < 4.78 is 28.8. The molecular formula is C84H60N12S3. The molecular weight excluding hydrogens is 1270 g/mol. The van der Waals surface area contributed by atoms with Crippen LogP contribution in [0.4, 0.5) is 91.0 Å². The van der Waals surface area contributed by atoms with Crippen LogP contribution >= 0.6 is 23.5 Å². The number of para-hydroxylation sites is 8. The summed E-state index contributed by atoms with van der Waals surface area (Å²) in [7, 11) is 0. The van der Waals surface area contributed by atoms with Gasteiger partial charge in [0.25, 0.3) is 0 Å². The van der Waals surface area contributed by atoms with Crippen molar-refractivity contribution in [1.29, 1.82) is 0 Å². The summed E-state index contributed by atoms with van der Waals surface area (Å²) in [5.41, 5.74) is 39.8. The van der Waals surface area contributed by atoms with E-state index >= 15 is 0 Å². The largest absolute Gasteiger partial charge is 0.396 e. The van der Waals surface area contributed by atoms with E-state index in [1.54, 1.807) is 0 Å².